The van der Waals surface area contributed by atoms with Gasteiger partial charge in [-0.25, -0.2) is 0 Å². The molecule has 0 aliphatic carbocycles. The van der Waals surface area contributed by atoms with Crippen molar-refractivity contribution < 1.29 is 9.53 Å². The molecule has 25 heavy (non-hydrogen) atoms. The predicted molar refractivity (Wildman–Crippen MR) is 94.5 cm³/mol. The standard InChI is InChI=1S/C19H24N4O2/c1-15-11-20-23(12-15)14-19(24)22-7-5-21(6-8-22)13-16-2-3-18-17(10-16)4-9-25-18/h2-3,10-12H,4-9,13-14H2,1H3. The molecule has 1 aromatic carbocycles. The molecule has 2 aliphatic rings. The molecular formula is C19H24N4O2. The van der Waals surface area contributed by atoms with Crippen molar-refractivity contribution in [3.05, 3.63) is 47.3 Å². The van der Waals surface area contributed by atoms with Crippen LogP contribution < -0.4 is 4.74 Å². The van der Waals surface area contributed by atoms with Crippen LogP contribution in [-0.4, -0.2) is 58.3 Å². The lowest BCUT2D eigenvalue weighted by atomic mass is 10.1. The van der Waals surface area contributed by atoms with E-state index < -0.39 is 0 Å². The highest BCUT2D eigenvalue weighted by atomic mass is 16.5. The van der Waals surface area contributed by atoms with Crippen LogP contribution in [0.5, 0.6) is 5.75 Å². The Hall–Kier alpha value is -2.34. The molecule has 6 nitrogen and oxygen atoms in total. The Morgan fingerprint density at radius 3 is 2.84 bits per heavy atom. The summed E-state index contributed by atoms with van der Waals surface area (Å²) in [5.41, 5.74) is 3.73. The predicted octanol–water partition coefficient (Wildman–Crippen LogP) is 1.47. The van der Waals surface area contributed by atoms with E-state index in [0.29, 0.717) is 6.54 Å². The molecule has 0 atom stereocenters. The van der Waals surface area contributed by atoms with Crippen molar-refractivity contribution in [1.82, 2.24) is 19.6 Å². The number of carbonyl (C=O) groups is 1. The molecule has 0 N–H and O–H groups in total. The molecule has 2 aliphatic heterocycles. The van der Waals surface area contributed by atoms with E-state index in [-0.39, 0.29) is 5.91 Å². The Morgan fingerprint density at radius 2 is 2.08 bits per heavy atom. The third kappa shape index (κ3) is 3.69. The van der Waals surface area contributed by atoms with Gasteiger partial charge in [0.1, 0.15) is 12.3 Å². The normalized spacial score (nSPS) is 17.4. The minimum absolute atomic E-state index is 0.150. The van der Waals surface area contributed by atoms with Gasteiger partial charge in [-0.3, -0.25) is 14.4 Å². The highest BCUT2D eigenvalue weighted by Crippen LogP contribution is 2.26. The summed E-state index contributed by atoms with van der Waals surface area (Å²) >= 11 is 0. The van der Waals surface area contributed by atoms with Crippen LogP contribution >= 0.6 is 0 Å². The topological polar surface area (TPSA) is 50.6 Å². The lowest BCUT2D eigenvalue weighted by Crippen LogP contribution is -2.49. The fraction of sp³-hybridized carbons (Fsp3) is 0.474. The summed E-state index contributed by atoms with van der Waals surface area (Å²) in [6, 6.07) is 6.51. The van der Waals surface area contributed by atoms with Crippen LogP contribution in [0.2, 0.25) is 0 Å². The van der Waals surface area contributed by atoms with Gasteiger partial charge < -0.3 is 9.64 Å². The number of ether oxygens (including phenoxy) is 1. The Labute approximate surface area is 148 Å². The molecule has 1 saturated heterocycles. The molecule has 0 unspecified atom stereocenters. The van der Waals surface area contributed by atoms with E-state index in [0.717, 1.165) is 57.1 Å². The van der Waals surface area contributed by atoms with Crippen LogP contribution in [0, 0.1) is 6.92 Å². The molecule has 0 spiro atoms. The van der Waals surface area contributed by atoms with Gasteiger partial charge >= 0.3 is 0 Å². The van der Waals surface area contributed by atoms with Crippen LogP contribution in [0.15, 0.2) is 30.6 Å². The first-order valence-corrected chi connectivity index (χ1v) is 8.91. The molecule has 0 saturated carbocycles. The molecule has 4 rings (SSSR count). The maximum atomic E-state index is 12.4. The molecule has 2 aromatic rings. The molecule has 1 amide bonds. The third-order valence-corrected chi connectivity index (χ3v) is 4.94. The average Bonchev–Trinajstić information content (AvgIpc) is 3.24. The number of hydrogen-bond acceptors (Lipinski definition) is 4. The minimum atomic E-state index is 0.150. The van der Waals surface area contributed by atoms with Gasteiger partial charge in [0, 0.05) is 45.3 Å². The maximum Gasteiger partial charge on any atom is 0.244 e. The number of aryl methyl sites for hydroxylation is 1. The number of aromatic nitrogens is 2. The number of hydrogen-bond donors (Lipinski definition) is 0. The molecule has 0 radical (unpaired) electrons. The van der Waals surface area contributed by atoms with Crippen LogP contribution in [0.4, 0.5) is 0 Å². The second kappa shape index (κ2) is 6.88. The van der Waals surface area contributed by atoms with Crippen molar-refractivity contribution in [2.75, 3.05) is 32.8 Å². The molecule has 6 heteroatoms. The van der Waals surface area contributed by atoms with Crippen molar-refractivity contribution in [1.29, 1.82) is 0 Å². The number of amides is 1. The van der Waals surface area contributed by atoms with Crippen molar-refractivity contribution in [2.24, 2.45) is 0 Å². The summed E-state index contributed by atoms with van der Waals surface area (Å²) in [5.74, 6) is 1.19. The zero-order chi connectivity index (χ0) is 17.2. The first-order chi connectivity index (χ1) is 12.2. The second-order valence-electron chi connectivity index (χ2n) is 6.91. The van der Waals surface area contributed by atoms with Crippen LogP contribution in [-0.2, 0) is 24.3 Å². The number of nitrogens with zero attached hydrogens (tertiary/aromatic N) is 4. The van der Waals surface area contributed by atoms with Crippen LogP contribution in [0.3, 0.4) is 0 Å². The van der Waals surface area contributed by atoms with Gasteiger partial charge in [-0.15, -0.1) is 0 Å². The maximum absolute atomic E-state index is 12.4. The number of piperazine rings is 1. The molecular weight excluding hydrogens is 316 g/mol. The van der Waals surface area contributed by atoms with Gasteiger partial charge in [0.2, 0.25) is 5.91 Å². The van der Waals surface area contributed by atoms with Gasteiger partial charge in [-0.2, -0.15) is 5.10 Å². The van der Waals surface area contributed by atoms with Gasteiger partial charge in [0.25, 0.3) is 0 Å². The zero-order valence-corrected chi connectivity index (χ0v) is 14.6. The summed E-state index contributed by atoms with van der Waals surface area (Å²) < 4.78 is 7.29. The van der Waals surface area contributed by atoms with Crippen molar-refractivity contribution >= 4 is 5.91 Å². The van der Waals surface area contributed by atoms with Gasteiger partial charge in [0.15, 0.2) is 0 Å². The Kier molecular flexibility index (Phi) is 4.44. The van der Waals surface area contributed by atoms with Gasteiger partial charge in [-0.05, 0) is 29.7 Å². The lowest BCUT2D eigenvalue weighted by molar-refractivity contribution is -0.133. The van der Waals surface area contributed by atoms with E-state index in [1.807, 2.05) is 18.0 Å². The van der Waals surface area contributed by atoms with Crippen molar-refractivity contribution in [3.63, 3.8) is 0 Å². The highest BCUT2D eigenvalue weighted by molar-refractivity contribution is 5.76. The summed E-state index contributed by atoms with van der Waals surface area (Å²) in [5, 5.41) is 4.20. The fourth-order valence-electron chi connectivity index (χ4n) is 3.54. The SMILES string of the molecule is Cc1cnn(CC(=O)N2CCN(Cc3ccc4c(c3)CCO4)CC2)c1. The van der Waals surface area contributed by atoms with E-state index in [9.17, 15) is 4.79 Å². The molecule has 1 fully saturated rings. The summed E-state index contributed by atoms with van der Waals surface area (Å²) in [6.45, 7) is 7.45. The van der Waals surface area contributed by atoms with E-state index in [4.69, 9.17) is 4.74 Å². The summed E-state index contributed by atoms with van der Waals surface area (Å²) in [7, 11) is 0. The third-order valence-electron chi connectivity index (χ3n) is 4.94. The average molecular weight is 340 g/mol. The lowest BCUT2D eigenvalue weighted by Gasteiger charge is -2.34. The van der Waals surface area contributed by atoms with Crippen molar-refractivity contribution in [2.45, 2.75) is 26.4 Å². The molecule has 132 valence electrons. The summed E-state index contributed by atoms with van der Waals surface area (Å²) in [4.78, 5) is 16.8. The van der Waals surface area contributed by atoms with Crippen molar-refractivity contribution in [3.8, 4) is 5.75 Å². The highest BCUT2D eigenvalue weighted by Gasteiger charge is 2.22. The Morgan fingerprint density at radius 1 is 1.24 bits per heavy atom. The molecule has 3 heterocycles. The Balaban J connectivity index is 1.28. The minimum Gasteiger partial charge on any atom is -0.493 e. The fourth-order valence-corrected chi connectivity index (χ4v) is 3.54. The number of rotatable bonds is 4. The Bertz CT molecular complexity index is 763. The van der Waals surface area contributed by atoms with Crippen LogP contribution in [0.25, 0.3) is 0 Å². The van der Waals surface area contributed by atoms with E-state index in [1.165, 1.54) is 11.1 Å². The molecule has 1 aromatic heterocycles. The zero-order valence-electron chi connectivity index (χ0n) is 14.6. The monoisotopic (exact) mass is 340 g/mol. The molecule has 0 bridgehead atoms. The van der Waals surface area contributed by atoms with E-state index in [2.05, 4.69) is 28.2 Å². The number of benzene rings is 1. The van der Waals surface area contributed by atoms with E-state index >= 15 is 0 Å². The first-order valence-electron chi connectivity index (χ1n) is 8.91. The number of carbonyl (C=O) groups excluding carboxylic acids is 1. The largest absolute Gasteiger partial charge is 0.493 e. The quantitative estimate of drug-likeness (QED) is 0.846. The number of fused-ring (bicyclic) bond motifs is 1. The van der Waals surface area contributed by atoms with Gasteiger partial charge in [0.05, 0.1) is 12.8 Å². The second-order valence-corrected chi connectivity index (χ2v) is 6.91. The first kappa shape index (κ1) is 16.1. The summed E-state index contributed by atoms with van der Waals surface area (Å²) in [6.07, 6.45) is 4.71. The van der Waals surface area contributed by atoms with Gasteiger partial charge in [-0.1, -0.05) is 12.1 Å². The smallest absolute Gasteiger partial charge is 0.244 e. The van der Waals surface area contributed by atoms with Crippen LogP contribution in [0.1, 0.15) is 16.7 Å². The van der Waals surface area contributed by atoms with E-state index in [1.54, 1.807) is 10.9 Å².